The SMILES string of the molecule is CC(C)CN(C)NC(=S)N(c1ccc(NC(=O)c2csnn2)cc1)c1cccc(C(F)(F)F)c1. The third-order valence-electron chi connectivity index (χ3n) is 4.54. The molecule has 180 valence electrons. The van der Waals surface area contributed by atoms with E-state index in [0.717, 1.165) is 23.7 Å². The molecule has 34 heavy (non-hydrogen) atoms. The van der Waals surface area contributed by atoms with Crippen LogP contribution in [0.15, 0.2) is 53.9 Å². The molecule has 0 aliphatic carbocycles. The minimum absolute atomic E-state index is 0.193. The third kappa shape index (κ3) is 6.72. The Morgan fingerprint density at radius 3 is 2.44 bits per heavy atom. The first-order valence-electron chi connectivity index (χ1n) is 10.2. The maximum absolute atomic E-state index is 13.4. The lowest BCUT2D eigenvalue weighted by Crippen LogP contribution is -2.47. The van der Waals surface area contributed by atoms with E-state index in [0.29, 0.717) is 23.8 Å². The van der Waals surface area contributed by atoms with Crippen molar-refractivity contribution >= 4 is 51.8 Å². The monoisotopic (exact) mass is 508 g/mol. The van der Waals surface area contributed by atoms with Crippen LogP contribution in [0.5, 0.6) is 0 Å². The summed E-state index contributed by atoms with van der Waals surface area (Å²) in [6.45, 7) is 4.76. The van der Waals surface area contributed by atoms with Crippen LogP contribution in [0.3, 0.4) is 0 Å². The molecule has 3 rings (SSSR count). The molecular weight excluding hydrogens is 485 g/mol. The number of halogens is 3. The Morgan fingerprint density at radius 2 is 1.85 bits per heavy atom. The number of thiocarbonyl (C=S) groups is 1. The fraction of sp³-hybridized carbons (Fsp3) is 0.273. The summed E-state index contributed by atoms with van der Waals surface area (Å²) in [6, 6.07) is 11.5. The lowest BCUT2D eigenvalue weighted by atomic mass is 10.1. The molecule has 12 heteroatoms. The highest BCUT2D eigenvalue weighted by molar-refractivity contribution is 7.80. The number of carbonyl (C=O) groups is 1. The molecule has 0 fully saturated rings. The predicted octanol–water partition coefficient (Wildman–Crippen LogP) is 5.32. The third-order valence-corrected chi connectivity index (χ3v) is 5.31. The van der Waals surface area contributed by atoms with E-state index >= 15 is 0 Å². The zero-order chi connectivity index (χ0) is 24.9. The van der Waals surface area contributed by atoms with Crippen LogP contribution in [0.25, 0.3) is 0 Å². The second-order valence-electron chi connectivity index (χ2n) is 7.87. The number of nitrogens with zero attached hydrogens (tertiary/aromatic N) is 4. The first-order valence-corrected chi connectivity index (χ1v) is 11.5. The first kappa shape index (κ1) is 25.5. The van der Waals surface area contributed by atoms with Crippen molar-refractivity contribution in [2.45, 2.75) is 20.0 Å². The van der Waals surface area contributed by atoms with E-state index in [1.165, 1.54) is 16.3 Å². The topological polar surface area (TPSA) is 73.4 Å². The van der Waals surface area contributed by atoms with Crippen LogP contribution in [0.2, 0.25) is 0 Å². The number of hydrogen-bond donors (Lipinski definition) is 2. The zero-order valence-corrected chi connectivity index (χ0v) is 20.3. The number of hydrogen-bond acceptors (Lipinski definition) is 6. The number of alkyl halides is 3. The minimum Gasteiger partial charge on any atom is -0.321 e. The smallest absolute Gasteiger partial charge is 0.321 e. The number of carbonyl (C=O) groups excluding carboxylic acids is 1. The van der Waals surface area contributed by atoms with E-state index in [1.54, 1.807) is 35.3 Å². The summed E-state index contributed by atoms with van der Waals surface area (Å²) < 4.78 is 43.7. The number of benzene rings is 2. The zero-order valence-electron chi connectivity index (χ0n) is 18.6. The maximum atomic E-state index is 13.4. The van der Waals surface area contributed by atoms with Gasteiger partial charge in [-0.1, -0.05) is 24.4 Å². The van der Waals surface area contributed by atoms with E-state index in [1.807, 2.05) is 20.9 Å². The largest absolute Gasteiger partial charge is 0.416 e. The van der Waals surface area contributed by atoms with Gasteiger partial charge in [0.2, 0.25) is 0 Å². The van der Waals surface area contributed by atoms with Gasteiger partial charge in [0.1, 0.15) is 0 Å². The van der Waals surface area contributed by atoms with Crippen LogP contribution >= 0.6 is 23.8 Å². The molecule has 2 aromatic carbocycles. The Morgan fingerprint density at radius 1 is 1.15 bits per heavy atom. The summed E-state index contributed by atoms with van der Waals surface area (Å²) in [7, 11) is 1.81. The van der Waals surface area contributed by atoms with Gasteiger partial charge in [-0.2, -0.15) is 13.2 Å². The van der Waals surface area contributed by atoms with Gasteiger partial charge in [0.15, 0.2) is 10.8 Å². The standard InChI is InChI=1S/C22H23F3N6OS2/c1-14(2)12-30(3)28-21(33)31(18-6-4-5-15(11-18)22(23,24)25)17-9-7-16(8-10-17)26-20(32)19-13-34-29-27-19/h4-11,13-14H,12H2,1-3H3,(H,26,32)(H,28,33). The summed E-state index contributed by atoms with van der Waals surface area (Å²) in [5, 5.41) is 9.93. The molecule has 2 N–H and O–H groups in total. The Kier molecular flexibility index (Phi) is 8.18. The Bertz CT molecular complexity index is 1120. The quantitative estimate of drug-likeness (QED) is 0.330. The highest BCUT2D eigenvalue weighted by atomic mass is 32.1. The summed E-state index contributed by atoms with van der Waals surface area (Å²) in [6.07, 6.45) is -4.50. The van der Waals surface area contributed by atoms with Crippen molar-refractivity contribution in [2.24, 2.45) is 5.92 Å². The molecule has 7 nitrogen and oxygen atoms in total. The van der Waals surface area contributed by atoms with Gasteiger partial charge >= 0.3 is 6.18 Å². The maximum Gasteiger partial charge on any atom is 0.416 e. The average Bonchev–Trinajstić information content (AvgIpc) is 3.29. The molecular formula is C22H23F3N6OS2. The van der Waals surface area contributed by atoms with Crippen molar-refractivity contribution in [3.63, 3.8) is 0 Å². The highest BCUT2D eigenvalue weighted by Gasteiger charge is 2.31. The molecule has 0 bridgehead atoms. The minimum atomic E-state index is -4.50. The first-order chi connectivity index (χ1) is 16.0. The van der Waals surface area contributed by atoms with Crippen LogP contribution in [0, 0.1) is 5.92 Å². The molecule has 1 amide bonds. The van der Waals surface area contributed by atoms with E-state index in [2.05, 4.69) is 20.3 Å². The van der Waals surface area contributed by atoms with Gasteiger partial charge in [0.25, 0.3) is 5.91 Å². The number of hydrazine groups is 1. The van der Waals surface area contributed by atoms with Crippen LogP contribution in [0.1, 0.15) is 29.9 Å². The van der Waals surface area contributed by atoms with E-state index in [9.17, 15) is 18.0 Å². The molecule has 0 aliphatic rings. The number of aromatic nitrogens is 2. The fourth-order valence-electron chi connectivity index (χ4n) is 3.16. The number of nitrogens with one attached hydrogen (secondary N) is 2. The molecule has 0 atom stereocenters. The van der Waals surface area contributed by atoms with Gasteiger partial charge in [-0.15, -0.1) is 5.10 Å². The van der Waals surface area contributed by atoms with E-state index < -0.39 is 17.6 Å². The highest BCUT2D eigenvalue weighted by Crippen LogP contribution is 2.34. The second-order valence-corrected chi connectivity index (χ2v) is 8.86. The van der Waals surface area contributed by atoms with Crippen molar-refractivity contribution in [1.82, 2.24) is 20.0 Å². The van der Waals surface area contributed by atoms with Crippen LogP contribution in [0.4, 0.5) is 30.2 Å². The van der Waals surface area contributed by atoms with Crippen molar-refractivity contribution < 1.29 is 18.0 Å². The number of amides is 1. The second kappa shape index (κ2) is 10.9. The van der Waals surface area contributed by atoms with E-state index in [4.69, 9.17) is 12.2 Å². The molecule has 3 aromatic rings. The van der Waals surface area contributed by atoms with Crippen molar-refractivity contribution in [3.8, 4) is 0 Å². The Balaban J connectivity index is 1.90. The Hall–Kier alpha value is -3.09. The molecule has 1 heterocycles. The normalized spacial score (nSPS) is 11.5. The van der Waals surface area contributed by atoms with Gasteiger partial charge < -0.3 is 5.32 Å². The van der Waals surface area contributed by atoms with Gasteiger partial charge in [-0.25, -0.2) is 5.01 Å². The average molecular weight is 509 g/mol. The fourth-order valence-corrected chi connectivity index (χ4v) is 3.97. The summed E-state index contributed by atoms with van der Waals surface area (Å²) >= 11 is 6.63. The van der Waals surface area contributed by atoms with Gasteiger partial charge in [-0.3, -0.25) is 15.1 Å². The summed E-state index contributed by atoms with van der Waals surface area (Å²) in [5.41, 5.74) is 3.72. The molecule has 0 radical (unpaired) electrons. The van der Waals surface area contributed by atoms with Crippen molar-refractivity contribution in [3.05, 3.63) is 65.2 Å². The molecule has 0 unspecified atom stereocenters. The number of anilines is 3. The molecule has 1 aromatic heterocycles. The predicted molar refractivity (Wildman–Crippen MR) is 131 cm³/mol. The van der Waals surface area contributed by atoms with Crippen molar-refractivity contribution in [1.29, 1.82) is 0 Å². The van der Waals surface area contributed by atoms with Gasteiger partial charge in [-0.05, 0) is 72.1 Å². The molecule has 0 saturated heterocycles. The number of rotatable bonds is 7. The van der Waals surface area contributed by atoms with Crippen molar-refractivity contribution in [2.75, 3.05) is 23.8 Å². The van der Waals surface area contributed by atoms with Gasteiger partial charge in [0.05, 0.1) is 5.56 Å². The summed E-state index contributed by atoms with van der Waals surface area (Å²) in [5.74, 6) is -0.0677. The summed E-state index contributed by atoms with van der Waals surface area (Å²) in [4.78, 5) is 13.7. The van der Waals surface area contributed by atoms with Crippen LogP contribution in [-0.4, -0.2) is 39.2 Å². The van der Waals surface area contributed by atoms with Crippen LogP contribution < -0.4 is 15.6 Å². The lowest BCUT2D eigenvalue weighted by Gasteiger charge is -2.30. The molecule has 0 saturated carbocycles. The lowest BCUT2D eigenvalue weighted by molar-refractivity contribution is -0.137. The molecule has 0 aliphatic heterocycles. The molecule has 0 spiro atoms. The van der Waals surface area contributed by atoms with E-state index in [-0.39, 0.29) is 16.5 Å². The Labute approximate surface area is 204 Å². The van der Waals surface area contributed by atoms with Crippen LogP contribution in [-0.2, 0) is 6.18 Å². The van der Waals surface area contributed by atoms with Gasteiger partial charge in [0, 0.05) is 36.0 Å².